The first kappa shape index (κ1) is 13.7. The van der Waals surface area contributed by atoms with Gasteiger partial charge in [-0.15, -0.1) is 11.8 Å². The zero-order valence-electron chi connectivity index (χ0n) is 11.3. The maximum Gasteiger partial charge on any atom is 0.164 e. The minimum Gasteiger partial charge on any atom is -0.505 e. The highest BCUT2D eigenvalue weighted by Gasteiger charge is 2.06. The van der Waals surface area contributed by atoms with Gasteiger partial charge < -0.3 is 10.4 Å². The number of anilines is 2. The van der Waals surface area contributed by atoms with E-state index in [1.54, 1.807) is 24.0 Å². The lowest BCUT2D eigenvalue weighted by atomic mass is 10.2. The molecule has 21 heavy (non-hydrogen) atoms. The average molecular weight is 300 g/mol. The van der Waals surface area contributed by atoms with Crippen molar-refractivity contribution in [3.63, 3.8) is 0 Å². The summed E-state index contributed by atoms with van der Waals surface area (Å²) in [7, 11) is 0. The normalized spacial score (nSPS) is 10.8. The predicted octanol–water partition coefficient (Wildman–Crippen LogP) is 4.55. The van der Waals surface area contributed by atoms with Crippen LogP contribution in [-0.2, 0) is 0 Å². The maximum atomic E-state index is 13.1. The molecule has 0 atom stereocenters. The number of rotatable bonds is 3. The second-order valence-corrected chi connectivity index (χ2v) is 5.41. The van der Waals surface area contributed by atoms with Crippen molar-refractivity contribution in [3.8, 4) is 5.75 Å². The van der Waals surface area contributed by atoms with Crippen molar-refractivity contribution in [2.45, 2.75) is 4.90 Å². The SMILES string of the molecule is CSc1ccc2nccc(Nc3ccc(F)c(O)c3)c2c1. The van der Waals surface area contributed by atoms with Gasteiger partial charge in [0.05, 0.1) is 5.52 Å². The number of aromatic nitrogens is 1. The van der Waals surface area contributed by atoms with Crippen LogP contribution in [0, 0.1) is 5.82 Å². The fourth-order valence-electron chi connectivity index (χ4n) is 2.11. The number of halogens is 1. The van der Waals surface area contributed by atoms with Gasteiger partial charge in [-0.1, -0.05) is 0 Å². The molecule has 1 aromatic heterocycles. The summed E-state index contributed by atoms with van der Waals surface area (Å²) in [5.74, 6) is -1.01. The lowest BCUT2D eigenvalue weighted by Gasteiger charge is -2.10. The van der Waals surface area contributed by atoms with E-state index in [0.717, 1.165) is 21.5 Å². The minimum absolute atomic E-state index is 0.372. The van der Waals surface area contributed by atoms with E-state index in [2.05, 4.69) is 16.4 Å². The van der Waals surface area contributed by atoms with Crippen molar-refractivity contribution in [1.29, 1.82) is 0 Å². The topological polar surface area (TPSA) is 45.2 Å². The van der Waals surface area contributed by atoms with E-state index >= 15 is 0 Å². The second kappa shape index (κ2) is 5.61. The monoisotopic (exact) mass is 300 g/mol. The van der Waals surface area contributed by atoms with Gasteiger partial charge >= 0.3 is 0 Å². The standard InChI is InChI=1S/C16H13FN2OS/c1-21-11-3-5-14-12(9-11)15(6-7-18-14)19-10-2-4-13(17)16(20)8-10/h2-9,20H,1H3,(H,18,19). The van der Waals surface area contributed by atoms with Gasteiger partial charge in [0, 0.05) is 33.9 Å². The molecule has 106 valence electrons. The largest absolute Gasteiger partial charge is 0.505 e. The number of nitrogens with zero attached hydrogens (tertiary/aromatic N) is 1. The van der Waals surface area contributed by atoms with Crippen molar-refractivity contribution >= 4 is 34.0 Å². The number of phenolic OH excluding ortho intramolecular Hbond substituents is 1. The van der Waals surface area contributed by atoms with E-state index in [-0.39, 0.29) is 5.75 Å². The highest BCUT2D eigenvalue weighted by molar-refractivity contribution is 7.98. The van der Waals surface area contributed by atoms with E-state index in [1.165, 1.54) is 12.1 Å². The Morgan fingerprint density at radius 2 is 2.00 bits per heavy atom. The molecule has 0 aliphatic carbocycles. The van der Waals surface area contributed by atoms with Crippen LogP contribution in [0.2, 0.25) is 0 Å². The van der Waals surface area contributed by atoms with Gasteiger partial charge in [0.2, 0.25) is 0 Å². The fourth-order valence-corrected chi connectivity index (χ4v) is 2.55. The Balaban J connectivity index is 2.05. The number of hydrogen-bond acceptors (Lipinski definition) is 4. The molecule has 0 aliphatic heterocycles. The maximum absolute atomic E-state index is 13.1. The molecule has 3 nitrogen and oxygen atoms in total. The van der Waals surface area contributed by atoms with Crippen molar-refractivity contribution in [1.82, 2.24) is 4.98 Å². The van der Waals surface area contributed by atoms with E-state index in [4.69, 9.17) is 0 Å². The van der Waals surface area contributed by atoms with E-state index in [1.807, 2.05) is 24.5 Å². The Labute approximate surface area is 125 Å². The van der Waals surface area contributed by atoms with Crippen LogP contribution in [0.4, 0.5) is 15.8 Å². The number of fused-ring (bicyclic) bond motifs is 1. The van der Waals surface area contributed by atoms with Gasteiger partial charge in [-0.25, -0.2) is 4.39 Å². The number of aromatic hydroxyl groups is 1. The number of hydrogen-bond donors (Lipinski definition) is 2. The Kier molecular flexibility index (Phi) is 3.66. The highest BCUT2D eigenvalue weighted by Crippen LogP contribution is 2.30. The number of pyridine rings is 1. The van der Waals surface area contributed by atoms with Crippen LogP contribution in [0.1, 0.15) is 0 Å². The number of phenols is 1. The molecular weight excluding hydrogens is 287 g/mol. The Bertz CT molecular complexity index is 807. The molecule has 0 aliphatic rings. The zero-order valence-corrected chi connectivity index (χ0v) is 12.1. The molecule has 2 aromatic carbocycles. The quantitative estimate of drug-likeness (QED) is 0.697. The van der Waals surface area contributed by atoms with Crippen LogP contribution in [0.25, 0.3) is 10.9 Å². The van der Waals surface area contributed by atoms with Crippen LogP contribution < -0.4 is 5.32 Å². The summed E-state index contributed by atoms with van der Waals surface area (Å²) >= 11 is 1.66. The van der Waals surface area contributed by atoms with Gasteiger partial charge in [0.25, 0.3) is 0 Å². The van der Waals surface area contributed by atoms with Crippen molar-refractivity contribution in [2.75, 3.05) is 11.6 Å². The third kappa shape index (κ3) is 2.78. The van der Waals surface area contributed by atoms with Crippen LogP contribution in [0.15, 0.2) is 53.6 Å². The third-order valence-corrected chi connectivity index (χ3v) is 3.90. The first-order chi connectivity index (χ1) is 10.2. The summed E-state index contributed by atoms with van der Waals surface area (Å²) in [6, 6.07) is 12.1. The Morgan fingerprint density at radius 1 is 1.14 bits per heavy atom. The smallest absolute Gasteiger partial charge is 0.164 e. The summed E-state index contributed by atoms with van der Waals surface area (Å²) in [4.78, 5) is 5.47. The minimum atomic E-state index is -0.634. The number of thioether (sulfide) groups is 1. The Morgan fingerprint density at radius 3 is 2.76 bits per heavy atom. The molecule has 0 saturated heterocycles. The molecule has 3 aromatic rings. The first-order valence-electron chi connectivity index (χ1n) is 6.35. The molecule has 5 heteroatoms. The van der Waals surface area contributed by atoms with Crippen LogP contribution in [0.3, 0.4) is 0 Å². The zero-order chi connectivity index (χ0) is 14.8. The summed E-state index contributed by atoms with van der Waals surface area (Å²) in [6.07, 6.45) is 3.73. The van der Waals surface area contributed by atoms with E-state index < -0.39 is 5.82 Å². The molecule has 1 heterocycles. The molecule has 0 spiro atoms. The van der Waals surface area contributed by atoms with Crippen molar-refractivity contribution in [2.24, 2.45) is 0 Å². The lowest BCUT2D eigenvalue weighted by Crippen LogP contribution is -1.93. The van der Waals surface area contributed by atoms with E-state index in [0.29, 0.717) is 5.69 Å². The lowest BCUT2D eigenvalue weighted by molar-refractivity contribution is 0.433. The summed E-state index contributed by atoms with van der Waals surface area (Å²) in [5, 5.41) is 13.6. The molecule has 3 rings (SSSR count). The molecule has 0 amide bonds. The van der Waals surface area contributed by atoms with Gasteiger partial charge in [0.1, 0.15) is 0 Å². The average Bonchev–Trinajstić information content (AvgIpc) is 2.51. The molecule has 0 unspecified atom stereocenters. The first-order valence-corrected chi connectivity index (χ1v) is 7.58. The molecular formula is C16H13FN2OS. The molecule has 0 radical (unpaired) electrons. The molecule has 0 fully saturated rings. The molecule has 0 bridgehead atoms. The molecule has 0 saturated carbocycles. The van der Waals surface area contributed by atoms with Crippen LogP contribution in [0.5, 0.6) is 5.75 Å². The van der Waals surface area contributed by atoms with Crippen LogP contribution >= 0.6 is 11.8 Å². The summed E-state index contributed by atoms with van der Waals surface area (Å²) in [5.41, 5.74) is 2.36. The predicted molar refractivity (Wildman–Crippen MR) is 84.9 cm³/mol. The van der Waals surface area contributed by atoms with Gasteiger partial charge in [-0.2, -0.15) is 0 Å². The fraction of sp³-hybridized carbons (Fsp3) is 0.0625. The number of benzene rings is 2. The van der Waals surface area contributed by atoms with E-state index in [9.17, 15) is 9.50 Å². The third-order valence-electron chi connectivity index (χ3n) is 3.17. The highest BCUT2D eigenvalue weighted by atomic mass is 32.2. The van der Waals surface area contributed by atoms with Crippen LogP contribution in [-0.4, -0.2) is 16.3 Å². The van der Waals surface area contributed by atoms with Gasteiger partial charge in [-0.05, 0) is 42.7 Å². The number of nitrogens with one attached hydrogen (secondary N) is 1. The summed E-state index contributed by atoms with van der Waals surface area (Å²) in [6.45, 7) is 0. The van der Waals surface area contributed by atoms with Gasteiger partial charge in [0.15, 0.2) is 11.6 Å². The summed E-state index contributed by atoms with van der Waals surface area (Å²) < 4.78 is 13.1. The Hall–Kier alpha value is -2.27. The molecule has 2 N–H and O–H groups in total. The van der Waals surface area contributed by atoms with Gasteiger partial charge in [-0.3, -0.25) is 4.98 Å². The second-order valence-electron chi connectivity index (χ2n) is 4.53. The van der Waals surface area contributed by atoms with Crippen molar-refractivity contribution in [3.05, 3.63) is 54.5 Å². The van der Waals surface area contributed by atoms with Crippen molar-refractivity contribution < 1.29 is 9.50 Å².